The molecular formula is C17H22ClN3. The molecule has 1 saturated carbocycles. The normalized spacial score (nSPS) is 17.7. The lowest BCUT2D eigenvalue weighted by atomic mass is 10.0. The number of nitrogens with zero attached hydrogens (tertiary/aromatic N) is 2. The van der Waals surface area contributed by atoms with E-state index < -0.39 is 0 Å². The topological polar surface area (TPSA) is 29.9 Å². The van der Waals surface area contributed by atoms with E-state index in [1.165, 1.54) is 18.4 Å². The molecule has 1 heterocycles. The summed E-state index contributed by atoms with van der Waals surface area (Å²) in [6.45, 7) is 5.30. The summed E-state index contributed by atoms with van der Waals surface area (Å²) in [4.78, 5) is 4.27. The molecule has 1 atom stereocenters. The van der Waals surface area contributed by atoms with Crippen LogP contribution in [0.4, 0.5) is 0 Å². The summed E-state index contributed by atoms with van der Waals surface area (Å²) < 4.78 is 2.20. The SMILES string of the molecule is Cc1nccn1CC[C@@H](C)NC1(c2ccccc2Cl)CC1. The van der Waals surface area contributed by atoms with E-state index in [0.717, 1.165) is 23.8 Å². The van der Waals surface area contributed by atoms with Crippen molar-refractivity contribution >= 4 is 11.6 Å². The molecule has 4 heteroatoms. The summed E-state index contributed by atoms with van der Waals surface area (Å²) in [6, 6.07) is 8.65. The molecule has 1 aromatic heterocycles. The highest BCUT2D eigenvalue weighted by molar-refractivity contribution is 6.31. The second-order valence-corrected chi connectivity index (χ2v) is 6.47. The molecule has 1 aromatic carbocycles. The zero-order chi connectivity index (χ0) is 14.9. The Morgan fingerprint density at radius 3 is 2.76 bits per heavy atom. The van der Waals surface area contributed by atoms with Gasteiger partial charge in [0.05, 0.1) is 0 Å². The van der Waals surface area contributed by atoms with E-state index in [2.05, 4.69) is 33.9 Å². The molecule has 0 bridgehead atoms. The van der Waals surface area contributed by atoms with E-state index in [9.17, 15) is 0 Å². The van der Waals surface area contributed by atoms with Crippen LogP contribution in [0, 0.1) is 6.92 Å². The average Bonchev–Trinajstić information content (AvgIpc) is 3.11. The van der Waals surface area contributed by atoms with Crippen molar-refractivity contribution in [2.24, 2.45) is 0 Å². The molecule has 0 saturated heterocycles. The lowest BCUT2D eigenvalue weighted by molar-refractivity contribution is 0.401. The average molecular weight is 304 g/mol. The van der Waals surface area contributed by atoms with Gasteiger partial charge in [-0.1, -0.05) is 29.8 Å². The molecule has 3 rings (SSSR count). The Morgan fingerprint density at radius 1 is 1.38 bits per heavy atom. The van der Waals surface area contributed by atoms with Crippen LogP contribution in [0.5, 0.6) is 0 Å². The Balaban J connectivity index is 1.61. The summed E-state index contributed by atoms with van der Waals surface area (Å²) >= 11 is 6.36. The molecule has 0 aliphatic heterocycles. The lowest BCUT2D eigenvalue weighted by Crippen LogP contribution is -2.37. The summed E-state index contributed by atoms with van der Waals surface area (Å²) in [5.74, 6) is 1.08. The summed E-state index contributed by atoms with van der Waals surface area (Å²) in [5, 5.41) is 4.66. The third kappa shape index (κ3) is 3.14. The van der Waals surface area contributed by atoms with Gasteiger partial charge in [0.15, 0.2) is 0 Å². The minimum Gasteiger partial charge on any atom is -0.335 e. The number of rotatable bonds is 6. The number of nitrogens with one attached hydrogen (secondary N) is 1. The first kappa shape index (κ1) is 14.6. The fraction of sp³-hybridized carbons (Fsp3) is 0.471. The Hall–Kier alpha value is -1.32. The van der Waals surface area contributed by atoms with E-state index in [-0.39, 0.29) is 5.54 Å². The maximum atomic E-state index is 6.36. The van der Waals surface area contributed by atoms with Gasteiger partial charge in [0.1, 0.15) is 5.82 Å². The van der Waals surface area contributed by atoms with Crippen molar-refractivity contribution in [3.05, 3.63) is 53.1 Å². The van der Waals surface area contributed by atoms with E-state index in [1.54, 1.807) is 0 Å². The van der Waals surface area contributed by atoms with E-state index >= 15 is 0 Å². The summed E-state index contributed by atoms with van der Waals surface area (Å²) in [5.41, 5.74) is 1.35. The van der Waals surface area contributed by atoms with Crippen LogP contribution in [0.3, 0.4) is 0 Å². The number of aryl methyl sites for hydroxylation is 2. The smallest absolute Gasteiger partial charge is 0.105 e. The molecule has 2 aromatic rings. The number of hydrogen-bond acceptors (Lipinski definition) is 2. The van der Waals surface area contributed by atoms with Crippen LogP contribution >= 0.6 is 11.6 Å². The van der Waals surface area contributed by atoms with Gasteiger partial charge in [-0.05, 0) is 44.7 Å². The first-order chi connectivity index (χ1) is 10.1. The quantitative estimate of drug-likeness (QED) is 0.877. The maximum Gasteiger partial charge on any atom is 0.105 e. The predicted octanol–water partition coefficient (Wildman–Crippen LogP) is 3.90. The number of hydrogen-bond donors (Lipinski definition) is 1. The number of benzene rings is 1. The molecule has 1 fully saturated rings. The Bertz CT molecular complexity index is 616. The highest BCUT2D eigenvalue weighted by Crippen LogP contribution is 2.48. The second kappa shape index (κ2) is 5.82. The fourth-order valence-corrected chi connectivity index (χ4v) is 3.30. The third-order valence-corrected chi connectivity index (χ3v) is 4.72. The van der Waals surface area contributed by atoms with Gasteiger partial charge in [-0.3, -0.25) is 0 Å². The van der Waals surface area contributed by atoms with Crippen LogP contribution in [-0.2, 0) is 12.1 Å². The third-order valence-electron chi connectivity index (χ3n) is 4.39. The van der Waals surface area contributed by atoms with Crippen molar-refractivity contribution in [2.75, 3.05) is 0 Å². The lowest BCUT2D eigenvalue weighted by Gasteiger charge is -2.24. The van der Waals surface area contributed by atoms with Gasteiger partial charge in [0.2, 0.25) is 0 Å². The van der Waals surface area contributed by atoms with Crippen LogP contribution in [-0.4, -0.2) is 15.6 Å². The first-order valence-electron chi connectivity index (χ1n) is 7.61. The van der Waals surface area contributed by atoms with E-state index in [4.69, 9.17) is 11.6 Å². The van der Waals surface area contributed by atoms with Gasteiger partial charge >= 0.3 is 0 Å². The first-order valence-corrected chi connectivity index (χ1v) is 7.99. The number of aromatic nitrogens is 2. The standard InChI is InChI=1S/C17H22ClN3/c1-13(7-11-21-12-10-19-14(21)2)20-17(8-9-17)15-5-3-4-6-16(15)18/h3-6,10,12-13,20H,7-9,11H2,1-2H3/t13-/m1/s1. The monoisotopic (exact) mass is 303 g/mol. The zero-order valence-electron chi connectivity index (χ0n) is 12.6. The summed E-state index contributed by atoms with van der Waals surface area (Å²) in [7, 11) is 0. The van der Waals surface area contributed by atoms with Crippen LogP contribution in [0.1, 0.15) is 37.6 Å². The largest absolute Gasteiger partial charge is 0.335 e. The highest BCUT2D eigenvalue weighted by atomic mass is 35.5. The van der Waals surface area contributed by atoms with Crippen molar-refractivity contribution < 1.29 is 0 Å². The second-order valence-electron chi connectivity index (χ2n) is 6.06. The molecular weight excluding hydrogens is 282 g/mol. The molecule has 0 unspecified atom stereocenters. The fourth-order valence-electron chi connectivity index (χ4n) is 2.98. The molecule has 21 heavy (non-hydrogen) atoms. The minimum absolute atomic E-state index is 0.0990. The van der Waals surface area contributed by atoms with Crippen LogP contribution in [0.25, 0.3) is 0 Å². The van der Waals surface area contributed by atoms with Crippen molar-refractivity contribution in [3.63, 3.8) is 0 Å². The van der Waals surface area contributed by atoms with Crippen LogP contribution in [0.15, 0.2) is 36.7 Å². The van der Waals surface area contributed by atoms with Crippen LogP contribution in [0.2, 0.25) is 5.02 Å². The number of imidazole rings is 1. The van der Waals surface area contributed by atoms with Gasteiger partial charge in [-0.2, -0.15) is 0 Å². The highest BCUT2D eigenvalue weighted by Gasteiger charge is 2.45. The Labute approximate surface area is 131 Å². The van der Waals surface area contributed by atoms with Crippen molar-refractivity contribution in [1.29, 1.82) is 0 Å². The molecule has 112 valence electrons. The Morgan fingerprint density at radius 2 is 2.14 bits per heavy atom. The van der Waals surface area contributed by atoms with Gasteiger partial charge in [-0.25, -0.2) is 4.98 Å². The van der Waals surface area contributed by atoms with E-state index in [0.29, 0.717) is 6.04 Å². The number of halogens is 1. The van der Waals surface area contributed by atoms with Crippen molar-refractivity contribution in [2.45, 2.75) is 51.2 Å². The molecule has 0 amide bonds. The van der Waals surface area contributed by atoms with Gasteiger partial charge in [-0.15, -0.1) is 0 Å². The van der Waals surface area contributed by atoms with E-state index in [1.807, 2.05) is 31.5 Å². The zero-order valence-corrected chi connectivity index (χ0v) is 13.4. The molecule has 3 nitrogen and oxygen atoms in total. The van der Waals surface area contributed by atoms with Gasteiger partial charge in [0, 0.05) is 35.5 Å². The molecule has 1 aliphatic carbocycles. The molecule has 0 radical (unpaired) electrons. The van der Waals surface area contributed by atoms with Crippen molar-refractivity contribution in [3.8, 4) is 0 Å². The van der Waals surface area contributed by atoms with Gasteiger partial charge in [0.25, 0.3) is 0 Å². The minimum atomic E-state index is 0.0990. The van der Waals surface area contributed by atoms with Crippen LogP contribution < -0.4 is 5.32 Å². The summed E-state index contributed by atoms with van der Waals surface area (Å²) in [6.07, 6.45) is 7.34. The molecule has 0 spiro atoms. The maximum absolute atomic E-state index is 6.36. The Kier molecular flexibility index (Phi) is 4.05. The molecule has 1 N–H and O–H groups in total. The van der Waals surface area contributed by atoms with Gasteiger partial charge < -0.3 is 9.88 Å². The molecule has 1 aliphatic rings. The predicted molar refractivity (Wildman–Crippen MR) is 86.5 cm³/mol. The van der Waals surface area contributed by atoms with Crippen molar-refractivity contribution in [1.82, 2.24) is 14.9 Å².